The summed E-state index contributed by atoms with van der Waals surface area (Å²) in [4.78, 5) is 4.68. The molecule has 2 aliphatic rings. The van der Waals surface area contributed by atoms with Gasteiger partial charge in [0.1, 0.15) is 5.75 Å². The lowest BCUT2D eigenvalue weighted by Crippen LogP contribution is -2.54. The Balaban J connectivity index is 1.53. The number of sulfonamides is 1. The number of rotatable bonds is 3. The fourth-order valence-electron chi connectivity index (χ4n) is 3.62. The Morgan fingerprint density at radius 1 is 1.08 bits per heavy atom. The van der Waals surface area contributed by atoms with Crippen LogP contribution in [0.4, 0.5) is 11.4 Å². The highest BCUT2D eigenvalue weighted by atomic mass is 32.2. The Kier molecular flexibility index (Phi) is 4.89. The summed E-state index contributed by atoms with van der Waals surface area (Å²) in [5.41, 5.74) is 7.06. The minimum atomic E-state index is -3.07. The molecular weight excluding hydrogens is 328 g/mol. The number of hydrogen-bond donors (Lipinski definition) is 2. The van der Waals surface area contributed by atoms with Crippen LogP contribution in [-0.2, 0) is 10.0 Å². The van der Waals surface area contributed by atoms with Gasteiger partial charge < -0.3 is 15.7 Å². The maximum absolute atomic E-state index is 11.6. The largest absolute Gasteiger partial charge is 0.506 e. The molecular formula is C16H26N4O3S. The van der Waals surface area contributed by atoms with Crippen molar-refractivity contribution < 1.29 is 13.5 Å². The normalized spacial score (nSPS) is 22.0. The topological polar surface area (TPSA) is 90.1 Å². The zero-order chi connectivity index (χ0) is 17.3. The Bertz CT molecular complexity index is 679. The van der Waals surface area contributed by atoms with E-state index in [2.05, 4.69) is 9.80 Å². The molecule has 7 nitrogen and oxygen atoms in total. The predicted octanol–water partition coefficient (Wildman–Crippen LogP) is 0.520. The van der Waals surface area contributed by atoms with Gasteiger partial charge in [0.25, 0.3) is 0 Å². The Morgan fingerprint density at radius 3 is 2.25 bits per heavy atom. The van der Waals surface area contributed by atoms with Gasteiger partial charge in [0.2, 0.25) is 10.0 Å². The molecule has 0 aromatic heterocycles. The third-order valence-corrected chi connectivity index (χ3v) is 6.41. The van der Waals surface area contributed by atoms with Crippen LogP contribution in [0, 0.1) is 0 Å². The summed E-state index contributed by atoms with van der Waals surface area (Å²) in [6, 6.07) is 5.91. The van der Waals surface area contributed by atoms with E-state index in [4.69, 9.17) is 5.73 Å². The standard InChI is InChI=1S/C16H26N4O3S/c1-24(22,23)20-10-8-19(9-11-20)13-4-6-18(7-5-13)14-2-3-15(17)16(21)12-14/h2-3,12-13,21H,4-11,17H2,1H3. The fourth-order valence-corrected chi connectivity index (χ4v) is 4.44. The maximum Gasteiger partial charge on any atom is 0.211 e. The van der Waals surface area contributed by atoms with E-state index in [1.165, 1.54) is 6.26 Å². The van der Waals surface area contributed by atoms with Gasteiger partial charge in [-0.05, 0) is 25.0 Å². The molecule has 0 amide bonds. The maximum atomic E-state index is 11.6. The second kappa shape index (κ2) is 6.78. The van der Waals surface area contributed by atoms with Crippen LogP contribution >= 0.6 is 0 Å². The number of hydrogen-bond acceptors (Lipinski definition) is 6. The van der Waals surface area contributed by atoms with Crippen LogP contribution in [0.3, 0.4) is 0 Å². The second-order valence-electron chi connectivity index (χ2n) is 6.66. The number of phenolic OH excluding ortho intramolecular Hbond substituents is 1. The molecule has 8 heteroatoms. The summed E-state index contributed by atoms with van der Waals surface area (Å²) in [7, 11) is -3.07. The lowest BCUT2D eigenvalue weighted by atomic mass is 10.0. The average Bonchev–Trinajstić information content (AvgIpc) is 2.57. The summed E-state index contributed by atoms with van der Waals surface area (Å²) in [6.45, 7) is 4.65. The van der Waals surface area contributed by atoms with Crippen molar-refractivity contribution in [2.75, 3.05) is 56.2 Å². The number of nitrogens with zero attached hydrogens (tertiary/aromatic N) is 3. The molecule has 1 aromatic rings. The van der Waals surface area contributed by atoms with Gasteiger partial charge in [-0.2, -0.15) is 4.31 Å². The van der Waals surface area contributed by atoms with E-state index in [0.29, 0.717) is 24.8 Å². The zero-order valence-corrected chi connectivity index (χ0v) is 14.9. The van der Waals surface area contributed by atoms with E-state index in [1.54, 1.807) is 16.4 Å². The monoisotopic (exact) mass is 354 g/mol. The Labute approximate surface area is 143 Å². The minimum absolute atomic E-state index is 0.131. The molecule has 0 spiro atoms. The number of piperidine rings is 1. The van der Waals surface area contributed by atoms with Gasteiger partial charge in [-0.3, -0.25) is 4.90 Å². The van der Waals surface area contributed by atoms with Crippen LogP contribution in [0.2, 0.25) is 0 Å². The lowest BCUT2D eigenvalue weighted by Gasteiger charge is -2.42. The van der Waals surface area contributed by atoms with Crippen LogP contribution < -0.4 is 10.6 Å². The number of piperazine rings is 1. The summed E-state index contributed by atoms with van der Waals surface area (Å²) >= 11 is 0. The molecule has 2 fully saturated rings. The van der Waals surface area contributed by atoms with Crippen molar-refractivity contribution in [2.24, 2.45) is 0 Å². The molecule has 2 saturated heterocycles. The highest BCUT2D eigenvalue weighted by Crippen LogP contribution is 2.29. The van der Waals surface area contributed by atoms with E-state index < -0.39 is 10.0 Å². The van der Waals surface area contributed by atoms with E-state index in [0.717, 1.165) is 44.7 Å². The predicted molar refractivity (Wildman–Crippen MR) is 95.7 cm³/mol. The van der Waals surface area contributed by atoms with Crippen LogP contribution in [-0.4, -0.2) is 74.3 Å². The van der Waals surface area contributed by atoms with Gasteiger partial charge >= 0.3 is 0 Å². The highest BCUT2D eigenvalue weighted by molar-refractivity contribution is 7.88. The molecule has 24 heavy (non-hydrogen) atoms. The third kappa shape index (κ3) is 3.76. The van der Waals surface area contributed by atoms with Gasteiger partial charge in [-0.25, -0.2) is 8.42 Å². The van der Waals surface area contributed by atoms with Crippen molar-refractivity contribution in [2.45, 2.75) is 18.9 Å². The van der Waals surface area contributed by atoms with E-state index in [9.17, 15) is 13.5 Å². The number of phenols is 1. The van der Waals surface area contributed by atoms with Crippen LogP contribution in [0.5, 0.6) is 5.75 Å². The summed E-state index contributed by atoms with van der Waals surface area (Å²) in [5, 5.41) is 9.76. The van der Waals surface area contributed by atoms with Gasteiger partial charge in [-0.15, -0.1) is 0 Å². The van der Waals surface area contributed by atoms with E-state index in [1.807, 2.05) is 6.07 Å². The van der Waals surface area contributed by atoms with Crippen LogP contribution in [0.25, 0.3) is 0 Å². The molecule has 0 bridgehead atoms. The first-order valence-corrected chi connectivity index (χ1v) is 10.2. The fraction of sp³-hybridized carbons (Fsp3) is 0.625. The summed E-state index contributed by atoms with van der Waals surface area (Å²) in [6.07, 6.45) is 3.37. The van der Waals surface area contributed by atoms with Crippen LogP contribution in [0.15, 0.2) is 18.2 Å². The molecule has 0 atom stereocenters. The van der Waals surface area contributed by atoms with Crippen molar-refractivity contribution >= 4 is 21.4 Å². The number of anilines is 2. The Hall–Kier alpha value is -1.51. The van der Waals surface area contributed by atoms with Gasteiger partial charge in [-0.1, -0.05) is 0 Å². The smallest absolute Gasteiger partial charge is 0.211 e. The van der Waals surface area contributed by atoms with Gasteiger partial charge in [0, 0.05) is 57.1 Å². The van der Waals surface area contributed by atoms with E-state index in [-0.39, 0.29) is 5.75 Å². The molecule has 0 unspecified atom stereocenters. The molecule has 3 N–H and O–H groups in total. The first-order valence-electron chi connectivity index (χ1n) is 8.37. The Morgan fingerprint density at radius 2 is 1.71 bits per heavy atom. The zero-order valence-electron chi connectivity index (χ0n) is 14.1. The van der Waals surface area contributed by atoms with E-state index >= 15 is 0 Å². The third-order valence-electron chi connectivity index (χ3n) is 5.10. The first-order chi connectivity index (χ1) is 11.3. The highest BCUT2D eigenvalue weighted by Gasteiger charge is 2.30. The number of aromatic hydroxyl groups is 1. The van der Waals surface area contributed by atoms with Crippen molar-refractivity contribution in [3.8, 4) is 5.75 Å². The summed E-state index contributed by atoms with van der Waals surface area (Å²) in [5.74, 6) is 0.131. The van der Waals surface area contributed by atoms with Gasteiger partial charge in [0.05, 0.1) is 11.9 Å². The SMILES string of the molecule is CS(=O)(=O)N1CCN(C2CCN(c3ccc(N)c(O)c3)CC2)CC1. The van der Waals surface area contributed by atoms with Crippen molar-refractivity contribution in [3.05, 3.63) is 18.2 Å². The van der Waals surface area contributed by atoms with Crippen molar-refractivity contribution in [1.82, 2.24) is 9.21 Å². The molecule has 2 aliphatic heterocycles. The van der Waals surface area contributed by atoms with Crippen molar-refractivity contribution in [3.63, 3.8) is 0 Å². The lowest BCUT2D eigenvalue weighted by molar-refractivity contribution is 0.120. The minimum Gasteiger partial charge on any atom is -0.506 e. The molecule has 0 saturated carbocycles. The number of benzene rings is 1. The van der Waals surface area contributed by atoms with Gasteiger partial charge in [0.15, 0.2) is 0 Å². The second-order valence-corrected chi connectivity index (χ2v) is 8.64. The molecule has 134 valence electrons. The molecule has 1 aromatic carbocycles. The summed E-state index contributed by atoms with van der Waals surface area (Å²) < 4.78 is 24.7. The number of nitrogen functional groups attached to an aromatic ring is 1. The average molecular weight is 354 g/mol. The quantitative estimate of drug-likeness (QED) is 0.608. The number of nitrogens with two attached hydrogens (primary N) is 1. The molecule has 3 rings (SSSR count). The molecule has 0 radical (unpaired) electrons. The van der Waals surface area contributed by atoms with Crippen LogP contribution in [0.1, 0.15) is 12.8 Å². The van der Waals surface area contributed by atoms with Crippen molar-refractivity contribution in [1.29, 1.82) is 0 Å². The first kappa shape index (κ1) is 17.3. The molecule has 2 heterocycles. The molecule has 0 aliphatic carbocycles.